The molecule has 0 aliphatic heterocycles. The van der Waals surface area contributed by atoms with Crippen LogP contribution < -0.4 is 5.32 Å². The second-order valence-electron chi connectivity index (χ2n) is 6.77. The molecular formula is C18H28ClNO2. The van der Waals surface area contributed by atoms with Gasteiger partial charge in [-0.2, -0.15) is 0 Å². The quantitative estimate of drug-likeness (QED) is 0.744. The summed E-state index contributed by atoms with van der Waals surface area (Å²) >= 11 is 0. The highest BCUT2D eigenvalue weighted by Crippen LogP contribution is 2.55. The third-order valence-electron chi connectivity index (χ3n) is 5.73. The molecule has 1 saturated carbocycles. The Morgan fingerprint density at radius 2 is 1.95 bits per heavy atom. The SMILES string of the molecule is CCNCC[C@]12CCCC[C@@]1(O)CCc1ccc(O)cc12.Cl. The van der Waals surface area contributed by atoms with Gasteiger partial charge in [0.05, 0.1) is 5.60 Å². The Bertz CT molecular complexity index is 522. The van der Waals surface area contributed by atoms with E-state index in [0.717, 1.165) is 51.6 Å². The van der Waals surface area contributed by atoms with Crippen LogP contribution in [0.25, 0.3) is 0 Å². The lowest BCUT2D eigenvalue weighted by Crippen LogP contribution is -2.57. The van der Waals surface area contributed by atoms with Crippen LogP contribution >= 0.6 is 12.4 Å². The van der Waals surface area contributed by atoms with Gasteiger partial charge >= 0.3 is 0 Å². The predicted octanol–water partition coefficient (Wildman–Crippen LogP) is 3.30. The number of aryl methyl sites for hydroxylation is 1. The van der Waals surface area contributed by atoms with Crippen LogP contribution in [0.1, 0.15) is 56.6 Å². The van der Waals surface area contributed by atoms with Crippen LogP contribution in [0, 0.1) is 0 Å². The fourth-order valence-corrected chi connectivity index (χ4v) is 4.61. The molecule has 2 atom stereocenters. The lowest BCUT2D eigenvalue weighted by molar-refractivity contribution is -0.0868. The molecule has 1 aromatic carbocycles. The molecule has 0 heterocycles. The van der Waals surface area contributed by atoms with Gasteiger partial charge in [-0.25, -0.2) is 0 Å². The van der Waals surface area contributed by atoms with Gasteiger partial charge in [-0.3, -0.25) is 0 Å². The van der Waals surface area contributed by atoms with E-state index in [1.54, 1.807) is 6.07 Å². The molecule has 3 N–H and O–H groups in total. The number of halogens is 1. The molecule has 0 amide bonds. The highest BCUT2D eigenvalue weighted by molar-refractivity contribution is 5.85. The number of fused-ring (bicyclic) bond motifs is 3. The van der Waals surface area contributed by atoms with E-state index in [1.165, 1.54) is 17.5 Å². The molecule has 0 radical (unpaired) electrons. The Morgan fingerprint density at radius 1 is 1.18 bits per heavy atom. The Kier molecular flexibility index (Phi) is 5.41. The summed E-state index contributed by atoms with van der Waals surface area (Å²) in [5.41, 5.74) is 1.74. The number of hydrogen-bond acceptors (Lipinski definition) is 3. The number of benzene rings is 1. The fraction of sp³-hybridized carbons (Fsp3) is 0.667. The van der Waals surface area contributed by atoms with Crippen molar-refractivity contribution in [2.45, 2.75) is 62.9 Å². The summed E-state index contributed by atoms with van der Waals surface area (Å²) in [6, 6.07) is 5.74. The summed E-state index contributed by atoms with van der Waals surface area (Å²) in [4.78, 5) is 0. The fourth-order valence-electron chi connectivity index (χ4n) is 4.61. The van der Waals surface area contributed by atoms with E-state index in [1.807, 2.05) is 12.1 Å². The molecule has 0 aromatic heterocycles. The number of phenols is 1. The average molecular weight is 326 g/mol. The smallest absolute Gasteiger partial charge is 0.115 e. The Labute approximate surface area is 139 Å². The van der Waals surface area contributed by atoms with E-state index in [4.69, 9.17) is 0 Å². The van der Waals surface area contributed by atoms with E-state index < -0.39 is 5.60 Å². The van der Waals surface area contributed by atoms with Crippen molar-refractivity contribution >= 4 is 12.4 Å². The normalized spacial score (nSPS) is 30.1. The van der Waals surface area contributed by atoms with Gasteiger partial charge in [0.2, 0.25) is 0 Å². The zero-order valence-corrected chi connectivity index (χ0v) is 14.2. The number of aliphatic hydroxyl groups is 1. The van der Waals surface area contributed by atoms with Gasteiger partial charge < -0.3 is 15.5 Å². The second-order valence-corrected chi connectivity index (χ2v) is 6.77. The third kappa shape index (κ3) is 2.75. The van der Waals surface area contributed by atoms with Gasteiger partial charge in [-0.15, -0.1) is 12.4 Å². The van der Waals surface area contributed by atoms with Crippen LogP contribution in [-0.2, 0) is 11.8 Å². The first-order chi connectivity index (χ1) is 10.1. The monoisotopic (exact) mass is 325 g/mol. The van der Waals surface area contributed by atoms with Gasteiger partial charge in [0.15, 0.2) is 0 Å². The maximum absolute atomic E-state index is 11.4. The summed E-state index contributed by atoms with van der Waals surface area (Å²) in [7, 11) is 0. The molecule has 3 rings (SSSR count). The van der Waals surface area contributed by atoms with Crippen molar-refractivity contribution in [3.8, 4) is 5.75 Å². The summed E-state index contributed by atoms with van der Waals surface area (Å²) in [5, 5.41) is 24.7. The number of phenolic OH excluding ortho intramolecular Hbond substituents is 1. The molecule has 2 aliphatic carbocycles. The lowest BCUT2D eigenvalue weighted by Gasteiger charge is -2.55. The van der Waals surface area contributed by atoms with Crippen molar-refractivity contribution in [2.75, 3.05) is 13.1 Å². The summed E-state index contributed by atoms with van der Waals surface area (Å²) < 4.78 is 0. The molecule has 4 heteroatoms. The summed E-state index contributed by atoms with van der Waals surface area (Å²) in [6.07, 6.45) is 6.95. The Morgan fingerprint density at radius 3 is 2.73 bits per heavy atom. The van der Waals surface area contributed by atoms with Crippen LogP contribution in [0.4, 0.5) is 0 Å². The first-order valence-corrected chi connectivity index (χ1v) is 8.37. The minimum absolute atomic E-state index is 0. The minimum atomic E-state index is -0.596. The van der Waals surface area contributed by atoms with Crippen LogP contribution in [0.5, 0.6) is 5.75 Å². The highest BCUT2D eigenvalue weighted by atomic mass is 35.5. The van der Waals surface area contributed by atoms with Crippen molar-refractivity contribution < 1.29 is 10.2 Å². The molecule has 0 spiro atoms. The first kappa shape index (κ1) is 17.6. The minimum Gasteiger partial charge on any atom is -0.508 e. The molecule has 2 aliphatic rings. The van der Waals surface area contributed by atoms with E-state index >= 15 is 0 Å². The first-order valence-electron chi connectivity index (χ1n) is 8.37. The molecule has 22 heavy (non-hydrogen) atoms. The average Bonchev–Trinajstić information content (AvgIpc) is 2.48. The Balaban J connectivity index is 0.00000176. The van der Waals surface area contributed by atoms with Crippen molar-refractivity contribution in [3.63, 3.8) is 0 Å². The number of hydrogen-bond donors (Lipinski definition) is 3. The zero-order chi connectivity index (χ0) is 14.9. The van der Waals surface area contributed by atoms with Gasteiger partial charge in [0.1, 0.15) is 5.75 Å². The van der Waals surface area contributed by atoms with Crippen LogP contribution in [0.15, 0.2) is 18.2 Å². The van der Waals surface area contributed by atoms with Crippen molar-refractivity contribution in [1.82, 2.24) is 5.32 Å². The van der Waals surface area contributed by atoms with Gasteiger partial charge in [0.25, 0.3) is 0 Å². The topological polar surface area (TPSA) is 52.5 Å². The van der Waals surface area contributed by atoms with E-state index in [-0.39, 0.29) is 17.8 Å². The molecule has 0 saturated heterocycles. The van der Waals surface area contributed by atoms with Gasteiger partial charge in [-0.1, -0.05) is 25.8 Å². The third-order valence-corrected chi connectivity index (χ3v) is 5.73. The number of aromatic hydroxyl groups is 1. The van der Waals surface area contributed by atoms with Crippen LogP contribution in [-0.4, -0.2) is 28.9 Å². The van der Waals surface area contributed by atoms with Crippen molar-refractivity contribution in [2.24, 2.45) is 0 Å². The van der Waals surface area contributed by atoms with E-state index in [9.17, 15) is 10.2 Å². The van der Waals surface area contributed by atoms with Crippen LogP contribution in [0.3, 0.4) is 0 Å². The molecule has 3 nitrogen and oxygen atoms in total. The maximum Gasteiger partial charge on any atom is 0.115 e. The van der Waals surface area contributed by atoms with E-state index in [2.05, 4.69) is 12.2 Å². The number of rotatable bonds is 4. The molecule has 0 unspecified atom stereocenters. The maximum atomic E-state index is 11.4. The lowest BCUT2D eigenvalue weighted by atomic mass is 9.53. The van der Waals surface area contributed by atoms with Crippen molar-refractivity contribution in [1.29, 1.82) is 0 Å². The Hall–Kier alpha value is -0.770. The predicted molar refractivity (Wildman–Crippen MR) is 91.9 cm³/mol. The molecule has 1 aromatic rings. The second kappa shape index (κ2) is 6.77. The highest BCUT2D eigenvalue weighted by Gasteiger charge is 2.54. The molecular weight excluding hydrogens is 298 g/mol. The largest absolute Gasteiger partial charge is 0.508 e. The summed E-state index contributed by atoms with van der Waals surface area (Å²) in [5.74, 6) is 0.325. The molecule has 124 valence electrons. The summed E-state index contributed by atoms with van der Waals surface area (Å²) in [6.45, 7) is 4.00. The number of nitrogens with one attached hydrogen (secondary N) is 1. The molecule has 0 bridgehead atoms. The van der Waals surface area contributed by atoms with Crippen LogP contribution in [0.2, 0.25) is 0 Å². The van der Waals surface area contributed by atoms with E-state index in [0.29, 0.717) is 5.75 Å². The van der Waals surface area contributed by atoms with Gasteiger partial charge in [0, 0.05) is 5.41 Å². The standard InChI is InChI=1S/C18H27NO2.ClH/c1-2-19-12-11-17-8-3-4-9-18(17,21)10-7-14-5-6-15(20)13-16(14)17;/h5-6,13,19-21H,2-4,7-12H2,1H3;1H/t17-,18+;/m0./s1. The zero-order valence-electron chi connectivity index (χ0n) is 13.4. The van der Waals surface area contributed by atoms with Gasteiger partial charge in [-0.05, 0) is 68.5 Å². The van der Waals surface area contributed by atoms with Crippen molar-refractivity contribution in [3.05, 3.63) is 29.3 Å². The molecule has 1 fully saturated rings.